The Labute approximate surface area is 133 Å². The highest BCUT2D eigenvalue weighted by atomic mass is 19.2. The molecule has 0 radical (unpaired) electrons. The first-order valence-corrected chi connectivity index (χ1v) is 7.26. The van der Waals surface area contributed by atoms with E-state index in [1.807, 2.05) is 0 Å². The zero-order chi connectivity index (χ0) is 17.0. The van der Waals surface area contributed by atoms with Crippen LogP contribution in [0.15, 0.2) is 47.4 Å². The summed E-state index contributed by atoms with van der Waals surface area (Å²) in [6.07, 6.45) is 1.77. The summed E-state index contributed by atoms with van der Waals surface area (Å²) in [5.74, 6) is -2.04. The van der Waals surface area contributed by atoms with E-state index < -0.39 is 17.7 Å². The average Bonchev–Trinajstić information content (AvgIpc) is 2.55. The first-order chi connectivity index (χ1) is 10.9. The number of hydrogen-bond acceptors (Lipinski definition) is 2. The van der Waals surface area contributed by atoms with Crippen LogP contribution >= 0.6 is 0 Å². The summed E-state index contributed by atoms with van der Waals surface area (Å²) >= 11 is 0. The normalized spacial score (nSPS) is 12.0. The van der Waals surface area contributed by atoms with Crippen molar-refractivity contribution in [2.24, 2.45) is 0 Å². The highest BCUT2D eigenvalue weighted by Gasteiger charge is 2.18. The lowest BCUT2D eigenvalue weighted by molar-refractivity contribution is -0.132. The predicted octanol–water partition coefficient (Wildman–Crippen LogP) is 2.74. The monoisotopic (exact) mass is 320 g/mol. The van der Waals surface area contributed by atoms with Gasteiger partial charge in [-0.3, -0.25) is 9.59 Å². The largest absolute Gasteiger partial charge is 0.339 e. The van der Waals surface area contributed by atoms with Crippen molar-refractivity contribution in [3.63, 3.8) is 0 Å². The second kappa shape index (κ2) is 7.17. The molecule has 1 heterocycles. The number of hydrogen-bond donors (Lipinski definition) is 0. The number of carbonyl (C=O) groups is 1. The highest BCUT2D eigenvalue weighted by molar-refractivity contribution is 5.76. The third-order valence-electron chi connectivity index (χ3n) is 3.87. The lowest BCUT2D eigenvalue weighted by Crippen LogP contribution is -2.31. The van der Waals surface area contributed by atoms with Crippen molar-refractivity contribution in [2.45, 2.75) is 25.9 Å². The molecule has 2 aromatic rings. The minimum atomic E-state index is -0.939. The third-order valence-corrected chi connectivity index (χ3v) is 3.87. The van der Waals surface area contributed by atoms with E-state index in [2.05, 4.69) is 0 Å². The van der Waals surface area contributed by atoms with Crippen LogP contribution in [-0.2, 0) is 11.3 Å². The fourth-order valence-corrected chi connectivity index (χ4v) is 2.25. The second-order valence-corrected chi connectivity index (χ2v) is 5.34. The topological polar surface area (TPSA) is 42.3 Å². The molecule has 1 amide bonds. The van der Waals surface area contributed by atoms with Crippen LogP contribution in [0.1, 0.15) is 24.9 Å². The SMILES string of the molecule is CC(c1ccc(F)c(F)c1)N(C)C(=O)CCn1ccccc1=O. The molecule has 0 bridgehead atoms. The van der Waals surface area contributed by atoms with Gasteiger partial charge in [0.25, 0.3) is 5.56 Å². The van der Waals surface area contributed by atoms with Crippen LogP contribution in [0.25, 0.3) is 0 Å². The molecule has 0 aliphatic rings. The zero-order valence-electron chi connectivity index (χ0n) is 13.0. The summed E-state index contributed by atoms with van der Waals surface area (Å²) in [7, 11) is 1.60. The van der Waals surface area contributed by atoms with E-state index in [-0.39, 0.29) is 24.4 Å². The van der Waals surface area contributed by atoms with Gasteiger partial charge in [-0.05, 0) is 30.7 Å². The first-order valence-electron chi connectivity index (χ1n) is 7.26. The summed E-state index contributed by atoms with van der Waals surface area (Å²) in [5.41, 5.74) is 0.341. The Morgan fingerprint density at radius 2 is 1.96 bits per heavy atom. The van der Waals surface area contributed by atoms with E-state index >= 15 is 0 Å². The second-order valence-electron chi connectivity index (χ2n) is 5.34. The van der Waals surface area contributed by atoms with Gasteiger partial charge in [0.1, 0.15) is 0 Å². The Hall–Kier alpha value is -2.50. The summed E-state index contributed by atoms with van der Waals surface area (Å²) in [6.45, 7) is 2.01. The Morgan fingerprint density at radius 3 is 2.61 bits per heavy atom. The van der Waals surface area contributed by atoms with Crippen LogP contribution in [-0.4, -0.2) is 22.4 Å². The van der Waals surface area contributed by atoms with E-state index in [0.717, 1.165) is 12.1 Å². The maximum absolute atomic E-state index is 13.3. The minimum Gasteiger partial charge on any atom is -0.339 e. The Morgan fingerprint density at radius 1 is 1.22 bits per heavy atom. The molecule has 0 aliphatic heterocycles. The lowest BCUT2D eigenvalue weighted by Gasteiger charge is -2.25. The van der Waals surface area contributed by atoms with Crippen LogP contribution < -0.4 is 5.56 Å². The van der Waals surface area contributed by atoms with Crippen molar-refractivity contribution >= 4 is 5.91 Å². The van der Waals surface area contributed by atoms with E-state index in [1.165, 1.54) is 21.6 Å². The van der Waals surface area contributed by atoms with Gasteiger partial charge < -0.3 is 9.47 Å². The fourth-order valence-electron chi connectivity index (χ4n) is 2.25. The minimum absolute atomic E-state index is 0.147. The first kappa shape index (κ1) is 16.9. The van der Waals surface area contributed by atoms with Crippen molar-refractivity contribution < 1.29 is 13.6 Å². The maximum Gasteiger partial charge on any atom is 0.250 e. The molecule has 0 aliphatic carbocycles. The molecule has 1 unspecified atom stereocenters. The number of nitrogens with zero attached hydrogens (tertiary/aromatic N) is 2. The molecule has 0 fully saturated rings. The number of carbonyl (C=O) groups excluding carboxylic acids is 1. The Bertz CT molecular complexity index is 758. The van der Waals surface area contributed by atoms with Crippen LogP contribution in [0.3, 0.4) is 0 Å². The maximum atomic E-state index is 13.3. The van der Waals surface area contributed by atoms with Crippen molar-refractivity contribution in [1.29, 1.82) is 0 Å². The number of halogens is 2. The fraction of sp³-hybridized carbons (Fsp3) is 0.294. The molecule has 4 nitrogen and oxygen atoms in total. The van der Waals surface area contributed by atoms with Crippen LogP contribution in [0.4, 0.5) is 8.78 Å². The standard InChI is InChI=1S/C17H18F2N2O2/c1-12(13-6-7-14(18)15(19)11-13)20(2)16(22)8-10-21-9-4-3-5-17(21)23/h3-7,9,11-12H,8,10H2,1-2H3. The van der Waals surface area contributed by atoms with Crippen molar-refractivity contribution in [3.8, 4) is 0 Å². The Balaban J connectivity index is 2.02. The van der Waals surface area contributed by atoms with E-state index in [4.69, 9.17) is 0 Å². The summed E-state index contributed by atoms with van der Waals surface area (Å²) in [5, 5.41) is 0. The smallest absolute Gasteiger partial charge is 0.250 e. The Kier molecular flexibility index (Phi) is 5.26. The number of aryl methyl sites for hydroxylation is 1. The van der Waals surface area contributed by atoms with Gasteiger partial charge in [0.05, 0.1) is 6.04 Å². The van der Waals surface area contributed by atoms with Gasteiger partial charge in [-0.15, -0.1) is 0 Å². The molecule has 1 atom stereocenters. The van der Waals surface area contributed by atoms with Gasteiger partial charge in [-0.2, -0.15) is 0 Å². The van der Waals surface area contributed by atoms with E-state index in [9.17, 15) is 18.4 Å². The van der Waals surface area contributed by atoms with Gasteiger partial charge in [0, 0.05) is 32.3 Å². The molecule has 6 heteroatoms. The van der Waals surface area contributed by atoms with Gasteiger partial charge in [-0.25, -0.2) is 8.78 Å². The molecule has 1 aromatic heterocycles. The lowest BCUT2D eigenvalue weighted by atomic mass is 10.1. The van der Waals surface area contributed by atoms with E-state index in [1.54, 1.807) is 32.3 Å². The van der Waals surface area contributed by atoms with Crippen LogP contribution in [0.5, 0.6) is 0 Å². The molecule has 0 saturated carbocycles. The summed E-state index contributed by atoms with van der Waals surface area (Å²) in [4.78, 5) is 25.3. The van der Waals surface area contributed by atoms with Crippen LogP contribution in [0, 0.1) is 11.6 Å². The molecule has 122 valence electrons. The number of pyridine rings is 1. The molecule has 0 spiro atoms. The molecule has 0 saturated heterocycles. The molecular weight excluding hydrogens is 302 g/mol. The molecule has 0 N–H and O–H groups in total. The number of rotatable bonds is 5. The number of aromatic nitrogens is 1. The predicted molar refractivity (Wildman–Crippen MR) is 82.9 cm³/mol. The quantitative estimate of drug-likeness (QED) is 0.850. The van der Waals surface area contributed by atoms with Gasteiger partial charge in [-0.1, -0.05) is 12.1 Å². The molecule has 23 heavy (non-hydrogen) atoms. The van der Waals surface area contributed by atoms with Crippen molar-refractivity contribution in [1.82, 2.24) is 9.47 Å². The van der Waals surface area contributed by atoms with Crippen molar-refractivity contribution in [2.75, 3.05) is 7.05 Å². The number of benzene rings is 1. The molecule has 2 rings (SSSR count). The summed E-state index contributed by atoms with van der Waals surface area (Å²) in [6, 6.07) is 7.98. The highest BCUT2D eigenvalue weighted by Crippen LogP contribution is 2.21. The number of amides is 1. The summed E-state index contributed by atoms with van der Waals surface area (Å²) < 4.78 is 27.7. The molecule has 1 aromatic carbocycles. The van der Waals surface area contributed by atoms with Crippen LogP contribution in [0.2, 0.25) is 0 Å². The zero-order valence-corrected chi connectivity index (χ0v) is 13.0. The third kappa shape index (κ3) is 4.03. The van der Waals surface area contributed by atoms with E-state index in [0.29, 0.717) is 5.56 Å². The molecular formula is C17H18F2N2O2. The van der Waals surface area contributed by atoms with Crippen molar-refractivity contribution in [3.05, 3.63) is 70.1 Å². The van der Waals surface area contributed by atoms with Gasteiger partial charge in [0.15, 0.2) is 11.6 Å². The average molecular weight is 320 g/mol. The van der Waals surface area contributed by atoms with Gasteiger partial charge in [0.2, 0.25) is 5.91 Å². The van der Waals surface area contributed by atoms with Gasteiger partial charge >= 0.3 is 0 Å².